The van der Waals surface area contributed by atoms with Gasteiger partial charge in [-0.3, -0.25) is 4.79 Å². The summed E-state index contributed by atoms with van der Waals surface area (Å²) < 4.78 is 0. The third-order valence-electron chi connectivity index (χ3n) is 3.72. The van der Waals surface area contributed by atoms with Crippen molar-refractivity contribution >= 4 is 5.97 Å². The number of hydrogen-bond acceptors (Lipinski definition) is 3. The molecule has 0 atom stereocenters. The number of carboxylic acids is 1. The predicted molar refractivity (Wildman–Crippen MR) is 98.8 cm³/mol. The summed E-state index contributed by atoms with van der Waals surface area (Å²) in [5, 5.41) is 17.4. The standard InChI is InChI=1S/C20H34O4/c1-2-3-4-5-10-13-16-19(24-23)17-14-11-8-6-7-9-12-15-18-20(21)22/h7-9,11,16,23H,2-6,10,12-15,17-18H2,1H3,(H,21,22)/b9-7-,11-8-,19-16-. The smallest absolute Gasteiger partial charge is 0.303 e. The lowest BCUT2D eigenvalue weighted by Gasteiger charge is -2.02. The molecule has 0 aliphatic rings. The van der Waals surface area contributed by atoms with Crippen molar-refractivity contribution in [2.45, 2.75) is 84.0 Å². The van der Waals surface area contributed by atoms with Gasteiger partial charge in [-0.05, 0) is 44.6 Å². The third kappa shape index (κ3) is 16.8. The highest BCUT2D eigenvalue weighted by molar-refractivity contribution is 5.66. The Kier molecular flexibility index (Phi) is 16.6. The molecule has 0 spiro atoms. The summed E-state index contributed by atoms with van der Waals surface area (Å²) in [6, 6.07) is 0. The van der Waals surface area contributed by atoms with Crippen LogP contribution in [0.2, 0.25) is 0 Å². The predicted octanol–water partition coefficient (Wildman–Crippen LogP) is 6.26. The van der Waals surface area contributed by atoms with Crippen LogP contribution in [0, 0.1) is 0 Å². The van der Waals surface area contributed by atoms with Crippen LogP contribution in [-0.4, -0.2) is 16.3 Å². The van der Waals surface area contributed by atoms with Crippen LogP contribution in [0.5, 0.6) is 0 Å². The van der Waals surface area contributed by atoms with Crippen LogP contribution in [0.1, 0.15) is 84.0 Å². The van der Waals surface area contributed by atoms with Crippen molar-refractivity contribution in [1.29, 1.82) is 0 Å². The molecule has 4 nitrogen and oxygen atoms in total. The van der Waals surface area contributed by atoms with Crippen molar-refractivity contribution in [2.75, 3.05) is 0 Å². The minimum Gasteiger partial charge on any atom is -0.481 e. The maximum atomic E-state index is 10.3. The molecule has 2 N–H and O–H groups in total. The first-order valence-electron chi connectivity index (χ1n) is 9.23. The Hall–Kier alpha value is -1.55. The summed E-state index contributed by atoms with van der Waals surface area (Å²) >= 11 is 0. The molecule has 0 bridgehead atoms. The summed E-state index contributed by atoms with van der Waals surface area (Å²) in [6.45, 7) is 2.21. The molecule has 0 aliphatic heterocycles. The van der Waals surface area contributed by atoms with Crippen LogP contribution in [0.3, 0.4) is 0 Å². The normalized spacial score (nSPS) is 12.3. The summed E-state index contributed by atoms with van der Waals surface area (Å²) in [6.07, 6.45) is 21.5. The molecule has 0 rings (SSSR count). The molecule has 0 saturated heterocycles. The van der Waals surface area contributed by atoms with E-state index in [2.05, 4.69) is 24.0 Å². The van der Waals surface area contributed by atoms with Crippen molar-refractivity contribution < 1.29 is 20.0 Å². The average molecular weight is 338 g/mol. The van der Waals surface area contributed by atoms with E-state index in [1.165, 1.54) is 25.7 Å². The quantitative estimate of drug-likeness (QED) is 0.115. The van der Waals surface area contributed by atoms with E-state index >= 15 is 0 Å². The molecule has 0 aromatic rings. The summed E-state index contributed by atoms with van der Waals surface area (Å²) in [5.41, 5.74) is 0. The van der Waals surface area contributed by atoms with Crippen LogP contribution in [0.4, 0.5) is 0 Å². The molecule has 0 aromatic carbocycles. The minimum atomic E-state index is -0.737. The van der Waals surface area contributed by atoms with Crippen molar-refractivity contribution in [1.82, 2.24) is 0 Å². The fraction of sp³-hybridized carbons (Fsp3) is 0.650. The van der Waals surface area contributed by atoms with E-state index in [9.17, 15) is 4.79 Å². The SMILES string of the molecule is CCCCCCC/C=C(/CC/C=C\C/C=C\CCCC(=O)O)OO. The lowest BCUT2D eigenvalue weighted by Crippen LogP contribution is -1.92. The summed E-state index contributed by atoms with van der Waals surface area (Å²) in [5.74, 6) is -0.0847. The van der Waals surface area contributed by atoms with Gasteiger partial charge in [-0.15, -0.1) is 0 Å². The molecule has 0 unspecified atom stereocenters. The topological polar surface area (TPSA) is 66.8 Å². The van der Waals surface area contributed by atoms with E-state index in [1.54, 1.807) is 0 Å². The monoisotopic (exact) mass is 338 g/mol. The van der Waals surface area contributed by atoms with Crippen molar-refractivity contribution in [3.05, 3.63) is 36.1 Å². The van der Waals surface area contributed by atoms with E-state index in [4.69, 9.17) is 10.4 Å². The zero-order valence-electron chi connectivity index (χ0n) is 15.1. The second-order valence-electron chi connectivity index (χ2n) is 5.97. The van der Waals surface area contributed by atoms with Gasteiger partial charge in [0.2, 0.25) is 0 Å². The number of rotatable bonds is 16. The Bertz CT molecular complexity index is 383. The van der Waals surface area contributed by atoms with Gasteiger partial charge in [-0.25, -0.2) is 5.26 Å². The number of unbranched alkanes of at least 4 members (excludes halogenated alkanes) is 6. The number of hydrogen-bond donors (Lipinski definition) is 2. The molecular weight excluding hydrogens is 304 g/mol. The van der Waals surface area contributed by atoms with Gasteiger partial charge in [0.05, 0.1) is 0 Å². The largest absolute Gasteiger partial charge is 0.481 e. The molecule has 138 valence electrons. The minimum absolute atomic E-state index is 0.231. The average Bonchev–Trinajstić information content (AvgIpc) is 2.57. The van der Waals surface area contributed by atoms with E-state index in [1.807, 2.05) is 18.2 Å². The molecule has 24 heavy (non-hydrogen) atoms. The molecule has 0 aromatic heterocycles. The fourth-order valence-corrected chi connectivity index (χ4v) is 2.30. The van der Waals surface area contributed by atoms with E-state index in [-0.39, 0.29) is 6.42 Å². The maximum absolute atomic E-state index is 10.3. The van der Waals surface area contributed by atoms with Gasteiger partial charge in [0.1, 0.15) is 5.76 Å². The molecule has 0 fully saturated rings. The van der Waals surface area contributed by atoms with Crippen LogP contribution < -0.4 is 0 Å². The van der Waals surface area contributed by atoms with Gasteiger partial charge < -0.3 is 9.99 Å². The van der Waals surface area contributed by atoms with Gasteiger partial charge in [0.15, 0.2) is 0 Å². The van der Waals surface area contributed by atoms with Crippen molar-refractivity contribution in [3.8, 4) is 0 Å². The van der Waals surface area contributed by atoms with Gasteiger partial charge in [0.25, 0.3) is 0 Å². The van der Waals surface area contributed by atoms with Crippen LogP contribution in [0.15, 0.2) is 36.1 Å². The molecule has 4 heteroatoms. The Labute approximate surface area is 146 Å². The van der Waals surface area contributed by atoms with Crippen molar-refractivity contribution in [3.63, 3.8) is 0 Å². The molecule has 0 radical (unpaired) electrons. The molecule has 0 amide bonds. The van der Waals surface area contributed by atoms with Crippen LogP contribution in [0.25, 0.3) is 0 Å². The lowest BCUT2D eigenvalue weighted by molar-refractivity contribution is -0.205. The lowest BCUT2D eigenvalue weighted by atomic mass is 10.1. The number of aliphatic carboxylic acids is 1. The first-order chi connectivity index (χ1) is 11.7. The molecular formula is C20H34O4. The fourth-order valence-electron chi connectivity index (χ4n) is 2.30. The first kappa shape index (κ1) is 22.4. The highest BCUT2D eigenvalue weighted by Gasteiger charge is 1.97. The van der Waals surface area contributed by atoms with Gasteiger partial charge >= 0.3 is 5.97 Å². The Morgan fingerprint density at radius 3 is 2.25 bits per heavy atom. The van der Waals surface area contributed by atoms with E-state index in [0.29, 0.717) is 18.6 Å². The number of carbonyl (C=O) groups is 1. The maximum Gasteiger partial charge on any atom is 0.303 e. The van der Waals surface area contributed by atoms with Gasteiger partial charge in [0, 0.05) is 12.8 Å². The Balaban J connectivity index is 3.66. The molecule has 0 heterocycles. The first-order valence-corrected chi connectivity index (χ1v) is 9.23. The molecule has 0 aliphatic carbocycles. The highest BCUT2D eigenvalue weighted by atomic mass is 17.1. The Morgan fingerprint density at radius 2 is 1.58 bits per heavy atom. The Morgan fingerprint density at radius 1 is 0.875 bits per heavy atom. The zero-order chi connectivity index (χ0) is 17.9. The summed E-state index contributed by atoms with van der Waals surface area (Å²) in [4.78, 5) is 14.8. The summed E-state index contributed by atoms with van der Waals surface area (Å²) in [7, 11) is 0. The second kappa shape index (κ2) is 17.8. The van der Waals surface area contributed by atoms with Crippen LogP contribution >= 0.6 is 0 Å². The third-order valence-corrected chi connectivity index (χ3v) is 3.72. The van der Waals surface area contributed by atoms with E-state index in [0.717, 1.165) is 32.1 Å². The zero-order valence-corrected chi connectivity index (χ0v) is 15.1. The second-order valence-corrected chi connectivity index (χ2v) is 5.97. The number of carboxylic acid groups (broad SMARTS) is 1. The van der Waals surface area contributed by atoms with Gasteiger partial charge in [-0.2, -0.15) is 0 Å². The highest BCUT2D eigenvalue weighted by Crippen LogP contribution is 2.11. The van der Waals surface area contributed by atoms with Gasteiger partial charge in [-0.1, -0.05) is 56.9 Å². The van der Waals surface area contributed by atoms with Crippen molar-refractivity contribution in [2.24, 2.45) is 0 Å². The van der Waals surface area contributed by atoms with Crippen LogP contribution in [-0.2, 0) is 9.68 Å². The molecule has 0 saturated carbocycles. The number of allylic oxidation sites excluding steroid dienone is 6. The van der Waals surface area contributed by atoms with E-state index < -0.39 is 5.97 Å².